The molecule has 0 aromatic heterocycles. The standard InChI is InChI=1S/C13H18ClNO2/c1-10(16)7-8-15(2)9-13(17)11-5-3-4-6-12(11)14/h3-6,10,16H,7-9H2,1-2H3. The Hall–Kier alpha value is -0.900. The molecule has 0 saturated carbocycles. The quantitative estimate of drug-likeness (QED) is 0.793. The molecule has 1 rings (SSSR count). The third-order valence-electron chi connectivity index (χ3n) is 2.52. The lowest BCUT2D eigenvalue weighted by atomic mass is 10.1. The minimum Gasteiger partial charge on any atom is -0.393 e. The molecular weight excluding hydrogens is 238 g/mol. The van der Waals surface area contributed by atoms with E-state index in [1.807, 2.05) is 11.9 Å². The summed E-state index contributed by atoms with van der Waals surface area (Å²) >= 11 is 5.95. The average Bonchev–Trinajstić information content (AvgIpc) is 2.26. The zero-order valence-corrected chi connectivity index (χ0v) is 10.9. The highest BCUT2D eigenvalue weighted by molar-refractivity contribution is 6.34. The molecule has 0 aliphatic rings. The number of halogens is 1. The summed E-state index contributed by atoms with van der Waals surface area (Å²) in [6.45, 7) is 2.74. The van der Waals surface area contributed by atoms with Gasteiger partial charge < -0.3 is 5.11 Å². The van der Waals surface area contributed by atoms with E-state index < -0.39 is 0 Å². The van der Waals surface area contributed by atoms with Crippen LogP contribution in [0.15, 0.2) is 24.3 Å². The summed E-state index contributed by atoms with van der Waals surface area (Å²) in [5, 5.41) is 9.65. The molecule has 3 nitrogen and oxygen atoms in total. The molecule has 1 unspecified atom stereocenters. The van der Waals surface area contributed by atoms with Gasteiger partial charge in [0.05, 0.1) is 17.7 Å². The van der Waals surface area contributed by atoms with E-state index in [0.29, 0.717) is 30.1 Å². The number of ketones is 1. The van der Waals surface area contributed by atoms with Gasteiger partial charge in [-0.3, -0.25) is 9.69 Å². The second kappa shape index (κ2) is 6.74. The molecule has 0 fully saturated rings. The summed E-state index contributed by atoms with van der Waals surface area (Å²) in [4.78, 5) is 13.8. The van der Waals surface area contributed by atoms with Gasteiger partial charge in [0.2, 0.25) is 0 Å². The molecule has 0 saturated heterocycles. The Morgan fingerprint density at radius 2 is 2.12 bits per heavy atom. The van der Waals surface area contributed by atoms with Gasteiger partial charge in [-0.05, 0) is 32.5 Å². The Balaban J connectivity index is 2.52. The topological polar surface area (TPSA) is 40.5 Å². The fraction of sp³-hybridized carbons (Fsp3) is 0.462. The summed E-state index contributed by atoms with van der Waals surface area (Å²) in [7, 11) is 1.86. The molecule has 17 heavy (non-hydrogen) atoms. The van der Waals surface area contributed by atoms with Gasteiger partial charge in [0.25, 0.3) is 0 Å². The van der Waals surface area contributed by atoms with E-state index in [9.17, 15) is 4.79 Å². The first-order chi connectivity index (χ1) is 8.00. The summed E-state index contributed by atoms with van der Waals surface area (Å²) in [6, 6.07) is 7.04. The van der Waals surface area contributed by atoms with Crippen LogP contribution in [0.5, 0.6) is 0 Å². The smallest absolute Gasteiger partial charge is 0.178 e. The van der Waals surface area contributed by atoms with Crippen LogP contribution in [0.2, 0.25) is 5.02 Å². The Kier molecular flexibility index (Phi) is 5.62. The predicted molar refractivity (Wildman–Crippen MR) is 69.6 cm³/mol. The van der Waals surface area contributed by atoms with Crippen LogP contribution in [0.3, 0.4) is 0 Å². The van der Waals surface area contributed by atoms with Gasteiger partial charge in [0, 0.05) is 12.1 Å². The first-order valence-electron chi connectivity index (χ1n) is 5.65. The number of hydrogen-bond acceptors (Lipinski definition) is 3. The number of hydrogen-bond donors (Lipinski definition) is 1. The number of rotatable bonds is 6. The van der Waals surface area contributed by atoms with E-state index in [4.69, 9.17) is 16.7 Å². The van der Waals surface area contributed by atoms with E-state index in [-0.39, 0.29) is 11.9 Å². The lowest BCUT2D eigenvalue weighted by molar-refractivity contribution is 0.0931. The fourth-order valence-corrected chi connectivity index (χ4v) is 1.75. The fourth-order valence-electron chi connectivity index (χ4n) is 1.50. The Morgan fingerprint density at radius 3 is 2.71 bits per heavy atom. The second-order valence-electron chi connectivity index (χ2n) is 4.28. The zero-order chi connectivity index (χ0) is 12.8. The maximum atomic E-state index is 11.9. The van der Waals surface area contributed by atoms with Crippen LogP contribution in [-0.4, -0.2) is 42.0 Å². The molecule has 1 atom stereocenters. The van der Waals surface area contributed by atoms with Crippen molar-refractivity contribution in [3.63, 3.8) is 0 Å². The summed E-state index contributed by atoms with van der Waals surface area (Å²) in [5.74, 6) is 0.00342. The van der Waals surface area contributed by atoms with Crippen LogP contribution in [0.25, 0.3) is 0 Å². The lowest BCUT2D eigenvalue weighted by Crippen LogP contribution is -2.28. The van der Waals surface area contributed by atoms with Crippen molar-refractivity contribution < 1.29 is 9.90 Å². The monoisotopic (exact) mass is 255 g/mol. The Bertz CT molecular complexity index is 379. The largest absolute Gasteiger partial charge is 0.393 e. The molecule has 1 N–H and O–H groups in total. The van der Waals surface area contributed by atoms with Crippen molar-refractivity contribution in [2.24, 2.45) is 0 Å². The average molecular weight is 256 g/mol. The van der Waals surface area contributed by atoms with E-state index in [2.05, 4.69) is 0 Å². The van der Waals surface area contributed by atoms with Gasteiger partial charge in [-0.1, -0.05) is 23.7 Å². The number of carbonyl (C=O) groups is 1. The molecule has 0 bridgehead atoms. The first-order valence-corrected chi connectivity index (χ1v) is 6.03. The highest BCUT2D eigenvalue weighted by Crippen LogP contribution is 2.15. The molecule has 0 spiro atoms. The SMILES string of the molecule is CC(O)CCN(C)CC(=O)c1ccccc1Cl. The van der Waals surface area contributed by atoms with Gasteiger partial charge in [0.15, 0.2) is 5.78 Å². The number of carbonyl (C=O) groups excluding carboxylic acids is 1. The predicted octanol–water partition coefficient (Wildman–Crippen LogP) is 2.23. The Labute approximate surface area is 107 Å². The molecule has 4 heteroatoms. The van der Waals surface area contributed by atoms with Crippen molar-refractivity contribution >= 4 is 17.4 Å². The van der Waals surface area contributed by atoms with Crippen LogP contribution < -0.4 is 0 Å². The van der Waals surface area contributed by atoms with Crippen LogP contribution >= 0.6 is 11.6 Å². The van der Waals surface area contributed by atoms with Crippen molar-refractivity contribution in [1.82, 2.24) is 4.90 Å². The van der Waals surface area contributed by atoms with E-state index in [0.717, 1.165) is 0 Å². The van der Waals surface area contributed by atoms with Crippen molar-refractivity contribution in [2.75, 3.05) is 20.1 Å². The number of likely N-dealkylation sites (N-methyl/N-ethyl adjacent to an activating group) is 1. The van der Waals surface area contributed by atoms with E-state index in [1.165, 1.54) is 0 Å². The number of aliphatic hydroxyl groups is 1. The van der Waals surface area contributed by atoms with Crippen molar-refractivity contribution in [1.29, 1.82) is 0 Å². The third kappa shape index (κ3) is 4.86. The maximum Gasteiger partial charge on any atom is 0.178 e. The molecule has 1 aromatic rings. The summed E-state index contributed by atoms with van der Waals surface area (Å²) in [6.07, 6.45) is 0.319. The maximum absolute atomic E-state index is 11.9. The van der Waals surface area contributed by atoms with Gasteiger partial charge in [0.1, 0.15) is 0 Å². The molecule has 0 radical (unpaired) electrons. The van der Waals surface area contributed by atoms with Crippen molar-refractivity contribution in [3.05, 3.63) is 34.9 Å². The van der Waals surface area contributed by atoms with Gasteiger partial charge in [-0.2, -0.15) is 0 Å². The summed E-state index contributed by atoms with van der Waals surface area (Å²) in [5.41, 5.74) is 0.554. The highest BCUT2D eigenvalue weighted by atomic mass is 35.5. The molecule has 0 aliphatic heterocycles. The number of benzene rings is 1. The second-order valence-corrected chi connectivity index (χ2v) is 4.69. The van der Waals surface area contributed by atoms with Crippen LogP contribution in [0, 0.1) is 0 Å². The zero-order valence-electron chi connectivity index (χ0n) is 10.2. The van der Waals surface area contributed by atoms with Crippen molar-refractivity contribution in [3.8, 4) is 0 Å². The normalized spacial score (nSPS) is 12.8. The first kappa shape index (κ1) is 14.2. The minimum absolute atomic E-state index is 0.00342. The molecule has 1 aromatic carbocycles. The minimum atomic E-state index is -0.340. The molecule has 0 aliphatic carbocycles. The van der Waals surface area contributed by atoms with E-state index >= 15 is 0 Å². The summed E-state index contributed by atoms with van der Waals surface area (Å²) < 4.78 is 0. The molecule has 94 valence electrons. The molecular formula is C13H18ClNO2. The van der Waals surface area contributed by atoms with Crippen LogP contribution in [0.4, 0.5) is 0 Å². The number of Topliss-reactive ketones (excluding diaryl/α,β-unsaturated/α-hetero) is 1. The van der Waals surface area contributed by atoms with Crippen LogP contribution in [-0.2, 0) is 0 Å². The lowest BCUT2D eigenvalue weighted by Gasteiger charge is -2.16. The van der Waals surface area contributed by atoms with Crippen LogP contribution in [0.1, 0.15) is 23.7 Å². The molecule has 0 amide bonds. The van der Waals surface area contributed by atoms with Crippen molar-refractivity contribution in [2.45, 2.75) is 19.4 Å². The van der Waals surface area contributed by atoms with Gasteiger partial charge >= 0.3 is 0 Å². The van der Waals surface area contributed by atoms with Gasteiger partial charge in [-0.25, -0.2) is 0 Å². The van der Waals surface area contributed by atoms with Gasteiger partial charge in [-0.15, -0.1) is 0 Å². The third-order valence-corrected chi connectivity index (χ3v) is 2.85. The molecule has 0 heterocycles. The van der Waals surface area contributed by atoms with E-state index in [1.54, 1.807) is 31.2 Å². The number of nitrogens with zero attached hydrogens (tertiary/aromatic N) is 1. The highest BCUT2D eigenvalue weighted by Gasteiger charge is 2.12. The number of aliphatic hydroxyl groups excluding tert-OH is 1. The Morgan fingerprint density at radius 1 is 1.47 bits per heavy atom.